The molecule has 1 saturated carbocycles. The van der Waals surface area contributed by atoms with Gasteiger partial charge in [-0.15, -0.1) is 13.2 Å². The monoisotopic (exact) mass is 513 g/mol. The number of carboxylic acid groups (broad SMARTS) is 1. The summed E-state index contributed by atoms with van der Waals surface area (Å²) in [7, 11) is -2.20. The fraction of sp³-hybridized carbons (Fsp3) is 0.381. The van der Waals surface area contributed by atoms with Crippen molar-refractivity contribution in [1.82, 2.24) is 19.3 Å². The van der Waals surface area contributed by atoms with E-state index in [4.69, 9.17) is 0 Å². The molecule has 0 radical (unpaired) electrons. The number of carbonyl (C=O) groups is 1. The zero-order valence-electron chi connectivity index (χ0n) is 18.7. The van der Waals surface area contributed by atoms with Gasteiger partial charge in [-0.2, -0.15) is 5.10 Å². The summed E-state index contributed by atoms with van der Waals surface area (Å²) in [5, 5.41) is 16.5. The van der Waals surface area contributed by atoms with Crippen LogP contribution in [0.1, 0.15) is 41.7 Å². The molecular formula is C21H22F3N5O5S. The first-order valence-corrected chi connectivity index (χ1v) is 12.2. The average Bonchev–Trinajstić information content (AvgIpc) is 3.41. The van der Waals surface area contributed by atoms with Gasteiger partial charge in [0.1, 0.15) is 11.6 Å². The highest BCUT2D eigenvalue weighted by Gasteiger charge is 2.32. The summed E-state index contributed by atoms with van der Waals surface area (Å²) < 4.78 is 70.2. The third-order valence-corrected chi connectivity index (χ3v) is 7.31. The maximum atomic E-state index is 12.8. The normalized spacial score (nSPS) is 14.2. The van der Waals surface area contributed by atoms with E-state index in [2.05, 4.69) is 20.1 Å². The average molecular weight is 513 g/mol. The number of hydrogen-bond acceptors (Lipinski definition) is 7. The number of benzene rings is 1. The zero-order chi connectivity index (χ0) is 25.5. The third-order valence-electron chi connectivity index (χ3n) is 5.49. The second kappa shape index (κ2) is 8.91. The Morgan fingerprint density at radius 2 is 2.03 bits per heavy atom. The van der Waals surface area contributed by atoms with Crippen LogP contribution in [0.3, 0.4) is 0 Å². The highest BCUT2D eigenvalue weighted by Crippen LogP contribution is 2.36. The van der Waals surface area contributed by atoms with E-state index < -0.39 is 33.5 Å². The molecule has 0 amide bonds. The molecule has 10 nitrogen and oxygen atoms in total. The molecule has 2 heterocycles. The van der Waals surface area contributed by atoms with Crippen molar-refractivity contribution in [3.8, 4) is 17.1 Å². The molecule has 2 aromatic heterocycles. The van der Waals surface area contributed by atoms with Crippen molar-refractivity contribution >= 4 is 21.6 Å². The van der Waals surface area contributed by atoms with Gasteiger partial charge < -0.3 is 19.7 Å². The van der Waals surface area contributed by atoms with Crippen LogP contribution in [0.5, 0.6) is 5.75 Å². The van der Waals surface area contributed by atoms with Gasteiger partial charge in [0.15, 0.2) is 20.7 Å². The molecule has 0 spiro atoms. The minimum absolute atomic E-state index is 0.00419. The lowest BCUT2D eigenvalue weighted by atomic mass is 10.1. The van der Waals surface area contributed by atoms with E-state index in [1.54, 1.807) is 24.1 Å². The number of nitrogens with one attached hydrogen (secondary N) is 1. The van der Waals surface area contributed by atoms with Crippen LogP contribution >= 0.6 is 0 Å². The SMILES string of the molecule is CCS(=O)(=O)c1c(NCc2ccc(OC(F)(F)F)cc2C(=O)O)nc(-c2cnn(C3CC3)c2)n1C. The number of carboxylic acids is 1. The lowest BCUT2D eigenvalue weighted by Gasteiger charge is -2.13. The van der Waals surface area contributed by atoms with Gasteiger partial charge in [-0.3, -0.25) is 4.68 Å². The van der Waals surface area contributed by atoms with Crippen molar-refractivity contribution in [3.63, 3.8) is 0 Å². The smallest absolute Gasteiger partial charge is 0.478 e. The van der Waals surface area contributed by atoms with Crippen LogP contribution in [0.2, 0.25) is 0 Å². The number of aromatic carboxylic acids is 1. The van der Waals surface area contributed by atoms with Gasteiger partial charge in [-0.1, -0.05) is 13.0 Å². The first-order valence-electron chi connectivity index (χ1n) is 10.6. The van der Waals surface area contributed by atoms with Crippen LogP contribution in [0, 0.1) is 0 Å². The zero-order valence-corrected chi connectivity index (χ0v) is 19.5. The Kier molecular flexibility index (Phi) is 6.25. The molecule has 35 heavy (non-hydrogen) atoms. The van der Waals surface area contributed by atoms with Crippen molar-refractivity contribution < 1.29 is 36.2 Å². The van der Waals surface area contributed by atoms with Crippen LogP contribution in [0.15, 0.2) is 35.6 Å². The van der Waals surface area contributed by atoms with Gasteiger partial charge in [0.25, 0.3) is 0 Å². The Bertz CT molecular complexity index is 1380. The highest BCUT2D eigenvalue weighted by atomic mass is 32.2. The molecule has 2 N–H and O–H groups in total. The number of aromatic nitrogens is 4. The standard InChI is InChI=1S/C21H22F3N5O5S/c1-3-35(32,33)19-17(27-18(28(19)2)13-10-26-29(11-13)14-5-6-14)25-9-12-4-7-15(34-21(22,23)24)8-16(12)20(30)31/h4,7-8,10-11,14,25H,3,5-6,9H2,1-2H3,(H,30,31). The number of rotatable bonds is 9. The summed E-state index contributed by atoms with van der Waals surface area (Å²) in [6.07, 6.45) is 0.435. The number of alkyl halides is 3. The van der Waals surface area contributed by atoms with E-state index in [1.165, 1.54) is 11.5 Å². The van der Waals surface area contributed by atoms with Crippen LogP contribution in [0.25, 0.3) is 11.4 Å². The molecule has 1 aliphatic rings. The Balaban J connectivity index is 1.67. The van der Waals surface area contributed by atoms with Gasteiger partial charge in [0.05, 0.1) is 29.1 Å². The first-order chi connectivity index (χ1) is 16.4. The largest absolute Gasteiger partial charge is 0.573 e. The van der Waals surface area contributed by atoms with Crippen LogP contribution < -0.4 is 10.1 Å². The summed E-state index contributed by atoms with van der Waals surface area (Å²) in [5.74, 6) is -2.01. The molecule has 1 aliphatic carbocycles. The number of hydrogen-bond donors (Lipinski definition) is 2. The molecule has 0 atom stereocenters. The number of sulfone groups is 1. The van der Waals surface area contributed by atoms with Gasteiger partial charge in [-0.05, 0) is 30.5 Å². The Labute approximate surface area is 198 Å². The predicted molar refractivity (Wildman–Crippen MR) is 118 cm³/mol. The number of ether oxygens (including phenoxy) is 1. The maximum Gasteiger partial charge on any atom is 0.573 e. The van der Waals surface area contributed by atoms with Gasteiger partial charge >= 0.3 is 12.3 Å². The fourth-order valence-corrected chi connectivity index (χ4v) is 4.82. The maximum absolute atomic E-state index is 12.8. The molecule has 1 aromatic carbocycles. The van der Waals surface area contributed by atoms with Crippen molar-refractivity contribution in [3.05, 3.63) is 41.7 Å². The van der Waals surface area contributed by atoms with Gasteiger partial charge in [-0.25, -0.2) is 18.2 Å². The van der Waals surface area contributed by atoms with Crippen LogP contribution in [0.4, 0.5) is 19.0 Å². The molecule has 4 rings (SSSR count). The molecule has 14 heteroatoms. The quantitative estimate of drug-likeness (QED) is 0.444. The van der Waals surface area contributed by atoms with E-state index in [-0.39, 0.29) is 28.7 Å². The van der Waals surface area contributed by atoms with E-state index in [9.17, 15) is 31.5 Å². The number of nitrogens with zero attached hydrogens (tertiary/aromatic N) is 4. The van der Waals surface area contributed by atoms with Crippen molar-refractivity contribution in [2.75, 3.05) is 11.1 Å². The van der Waals surface area contributed by atoms with Crippen molar-refractivity contribution in [2.24, 2.45) is 7.05 Å². The third kappa shape index (κ3) is 5.26. The van der Waals surface area contributed by atoms with E-state index in [0.717, 1.165) is 31.0 Å². The Hall–Kier alpha value is -3.55. The lowest BCUT2D eigenvalue weighted by Crippen LogP contribution is -2.18. The summed E-state index contributed by atoms with van der Waals surface area (Å²) in [5.41, 5.74) is 0.293. The molecule has 0 saturated heterocycles. The summed E-state index contributed by atoms with van der Waals surface area (Å²) in [6.45, 7) is 1.27. The second-order valence-electron chi connectivity index (χ2n) is 8.02. The van der Waals surface area contributed by atoms with E-state index >= 15 is 0 Å². The first kappa shape index (κ1) is 24.6. The van der Waals surface area contributed by atoms with E-state index in [1.807, 2.05) is 0 Å². The summed E-state index contributed by atoms with van der Waals surface area (Å²) >= 11 is 0. The summed E-state index contributed by atoms with van der Waals surface area (Å²) in [4.78, 5) is 16.1. The molecular weight excluding hydrogens is 491 g/mol. The Morgan fingerprint density at radius 3 is 2.63 bits per heavy atom. The number of halogens is 3. The summed E-state index contributed by atoms with van der Waals surface area (Å²) in [6, 6.07) is 3.22. The molecule has 1 fully saturated rings. The Morgan fingerprint density at radius 1 is 1.31 bits per heavy atom. The van der Waals surface area contributed by atoms with Crippen molar-refractivity contribution in [1.29, 1.82) is 0 Å². The topological polar surface area (TPSA) is 128 Å². The van der Waals surface area contributed by atoms with Gasteiger partial charge in [0, 0.05) is 19.8 Å². The fourth-order valence-electron chi connectivity index (χ4n) is 3.63. The molecule has 0 unspecified atom stereocenters. The van der Waals surface area contributed by atoms with Crippen LogP contribution in [-0.2, 0) is 23.4 Å². The highest BCUT2D eigenvalue weighted by molar-refractivity contribution is 7.91. The molecule has 0 aliphatic heterocycles. The lowest BCUT2D eigenvalue weighted by molar-refractivity contribution is -0.274. The van der Waals surface area contributed by atoms with Crippen LogP contribution in [-0.4, -0.2) is 50.9 Å². The molecule has 188 valence electrons. The van der Waals surface area contributed by atoms with Crippen molar-refractivity contribution in [2.45, 2.75) is 43.7 Å². The number of anilines is 1. The van der Waals surface area contributed by atoms with E-state index in [0.29, 0.717) is 17.4 Å². The molecule has 0 bridgehead atoms. The molecule has 3 aromatic rings. The predicted octanol–water partition coefficient (Wildman–Crippen LogP) is 3.62. The minimum atomic E-state index is -4.98. The van der Waals surface area contributed by atoms with Gasteiger partial charge in [0.2, 0.25) is 0 Å². The minimum Gasteiger partial charge on any atom is -0.478 e. The second-order valence-corrected chi connectivity index (χ2v) is 10.2. The number of imidazole rings is 1.